The zero-order valence-electron chi connectivity index (χ0n) is 12.8. The second-order valence-electron chi connectivity index (χ2n) is 5.45. The number of rotatable bonds is 5. The van der Waals surface area contributed by atoms with Crippen molar-refractivity contribution in [3.8, 4) is 11.5 Å². The Hall–Kier alpha value is -1.27. The van der Waals surface area contributed by atoms with Crippen LogP contribution in [0.4, 0.5) is 0 Å². The number of hydrogen-bond donors (Lipinski definition) is 1. The molecular formula is C15H23NO4S. The van der Waals surface area contributed by atoms with Crippen molar-refractivity contribution in [2.24, 2.45) is 5.92 Å². The molecule has 0 spiro atoms. The fourth-order valence-electron chi connectivity index (χ4n) is 2.91. The highest BCUT2D eigenvalue weighted by Crippen LogP contribution is 2.36. The first-order valence-electron chi connectivity index (χ1n) is 7.12. The van der Waals surface area contributed by atoms with E-state index in [0.29, 0.717) is 23.8 Å². The van der Waals surface area contributed by atoms with E-state index < -0.39 is 9.84 Å². The lowest BCUT2D eigenvalue weighted by Gasteiger charge is -2.25. The quantitative estimate of drug-likeness (QED) is 0.895. The van der Waals surface area contributed by atoms with Gasteiger partial charge in [-0.05, 0) is 50.4 Å². The molecule has 21 heavy (non-hydrogen) atoms. The molecule has 5 nitrogen and oxygen atoms in total. The topological polar surface area (TPSA) is 64.6 Å². The average molecular weight is 313 g/mol. The largest absolute Gasteiger partial charge is 0.496 e. The summed E-state index contributed by atoms with van der Waals surface area (Å²) in [6.45, 7) is 1.95. The van der Waals surface area contributed by atoms with Crippen molar-refractivity contribution in [2.75, 3.05) is 33.6 Å². The highest BCUT2D eigenvalue weighted by Gasteiger charge is 2.25. The normalized spacial score (nSPS) is 16.7. The first-order valence-corrected chi connectivity index (χ1v) is 9.01. The summed E-state index contributed by atoms with van der Waals surface area (Å²) in [5, 5.41) is 3.32. The zero-order chi connectivity index (χ0) is 15.5. The minimum atomic E-state index is -3.38. The molecule has 1 N–H and O–H groups in total. The van der Waals surface area contributed by atoms with Gasteiger partial charge in [0.15, 0.2) is 9.84 Å². The number of sulfone groups is 1. The molecule has 2 rings (SSSR count). The second-order valence-corrected chi connectivity index (χ2v) is 7.40. The van der Waals surface area contributed by atoms with Gasteiger partial charge in [-0.2, -0.15) is 0 Å². The van der Waals surface area contributed by atoms with Crippen LogP contribution < -0.4 is 14.8 Å². The lowest BCUT2D eigenvalue weighted by Crippen LogP contribution is -2.29. The van der Waals surface area contributed by atoms with E-state index in [1.54, 1.807) is 19.2 Å². The zero-order valence-corrected chi connectivity index (χ0v) is 13.6. The lowest BCUT2D eigenvalue weighted by molar-refractivity contribution is 0.353. The van der Waals surface area contributed by atoms with Crippen LogP contribution in [-0.2, 0) is 16.3 Å². The fourth-order valence-corrected chi connectivity index (χ4v) is 4.06. The Kier molecular flexibility index (Phi) is 5.11. The van der Waals surface area contributed by atoms with Crippen molar-refractivity contribution >= 4 is 9.84 Å². The van der Waals surface area contributed by atoms with E-state index in [1.807, 2.05) is 0 Å². The summed E-state index contributed by atoms with van der Waals surface area (Å²) in [4.78, 5) is 0.267. The Morgan fingerprint density at radius 1 is 1.14 bits per heavy atom. The first kappa shape index (κ1) is 16.1. The van der Waals surface area contributed by atoms with E-state index in [-0.39, 0.29) is 4.90 Å². The molecule has 1 aliphatic rings. The minimum absolute atomic E-state index is 0.267. The van der Waals surface area contributed by atoms with Crippen LogP contribution in [0.1, 0.15) is 18.4 Å². The summed E-state index contributed by atoms with van der Waals surface area (Å²) in [6.07, 6.45) is 4.01. The highest BCUT2D eigenvalue weighted by molar-refractivity contribution is 7.90. The van der Waals surface area contributed by atoms with Gasteiger partial charge in [-0.3, -0.25) is 0 Å². The van der Waals surface area contributed by atoms with Crippen molar-refractivity contribution in [3.63, 3.8) is 0 Å². The smallest absolute Gasteiger partial charge is 0.179 e. The molecule has 0 saturated carbocycles. The van der Waals surface area contributed by atoms with Crippen LogP contribution in [0, 0.1) is 5.92 Å². The highest BCUT2D eigenvalue weighted by atomic mass is 32.2. The Bertz CT molecular complexity index is 592. The molecule has 1 saturated heterocycles. The maximum atomic E-state index is 12.2. The first-order chi connectivity index (χ1) is 9.97. The van der Waals surface area contributed by atoms with Crippen molar-refractivity contribution < 1.29 is 17.9 Å². The Morgan fingerprint density at radius 3 is 2.24 bits per heavy atom. The molecule has 1 heterocycles. The number of hydrogen-bond acceptors (Lipinski definition) is 5. The average Bonchev–Trinajstić information content (AvgIpc) is 2.46. The third-order valence-electron chi connectivity index (χ3n) is 3.94. The molecule has 0 unspecified atom stereocenters. The molecule has 118 valence electrons. The molecule has 1 aliphatic heterocycles. The molecule has 1 aromatic carbocycles. The van der Waals surface area contributed by atoms with Gasteiger partial charge in [0.25, 0.3) is 0 Å². The van der Waals surface area contributed by atoms with Gasteiger partial charge in [-0.1, -0.05) is 0 Å². The minimum Gasteiger partial charge on any atom is -0.496 e. The van der Waals surface area contributed by atoms with E-state index in [4.69, 9.17) is 9.47 Å². The van der Waals surface area contributed by atoms with Crippen molar-refractivity contribution in [1.82, 2.24) is 5.32 Å². The molecule has 0 amide bonds. The number of piperidine rings is 1. The molecule has 1 aromatic rings. The van der Waals surface area contributed by atoms with Gasteiger partial charge >= 0.3 is 0 Å². The summed E-state index contributed by atoms with van der Waals surface area (Å²) in [5.74, 6) is 1.48. The lowest BCUT2D eigenvalue weighted by atomic mass is 9.90. The standard InChI is InChI=1S/C15H23NO4S/c1-19-13-4-5-14(20-2)15(21(3,17)18)12(13)10-11-6-8-16-9-7-11/h4-5,11,16H,6-10H2,1-3H3. The van der Waals surface area contributed by atoms with E-state index in [1.165, 1.54) is 13.4 Å². The summed E-state index contributed by atoms with van der Waals surface area (Å²) >= 11 is 0. The van der Waals surface area contributed by atoms with Crippen LogP contribution in [0.2, 0.25) is 0 Å². The van der Waals surface area contributed by atoms with Gasteiger partial charge in [0.2, 0.25) is 0 Å². The summed E-state index contributed by atoms with van der Waals surface area (Å²) in [5.41, 5.74) is 0.742. The molecule has 6 heteroatoms. The number of benzene rings is 1. The maximum Gasteiger partial charge on any atom is 0.179 e. The Labute approximate surface area is 126 Å². The van der Waals surface area contributed by atoms with E-state index in [9.17, 15) is 8.42 Å². The van der Waals surface area contributed by atoms with E-state index >= 15 is 0 Å². The molecule has 0 aliphatic carbocycles. The summed E-state index contributed by atoms with van der Waals surface area (Å²) in [7, 11) is -0.320. The van der Waals surface area contributed by atoms with Crippen LogP contribution in [0.15, 0.2) is 17.0 Å². The van der Waals surface area contributed by atoms with E-state index in [2.05, 4.69) is 5.32 Å². The van der Waals surface area contributed by atoms with Crippen LogP contribution in [-0.4, -0.2) is 42.0 Å². The molecule has 0 aromatic heterocycles. The van der Waals surface area contributed by atoms with Crippen LogP contribution >= 0.6 is 0 Å². The predicted octanol–water partition coefficient (Wildman–Crippen LogP) is 1.65. The van der Waals surface area contributed by atoms with Crippen LogP contribution in [0.25, 0.3) is 0 Å². The molecule has 0 atom stereocenters. The molecule has 1 fully saturated rings. The number of nitrogens with one attached hydrogen (secondary N) is 1. The SMILES string of the molecule is COc1ccc(OC)c(S(C)(=O)=O)c1CC1CCNCC1. The fraction of sp³-hybridized carbons (Fsp3) is 0.600. The maximum absolute atomic E-state index is 12.2. The Morgan fingerprint density at radius 2 is 1.71 bits per heavy atom. The number of methoxy groups -OCH3 is 2. The molecule has 0 radical (unpaired) electrons. The van der Waals surface area contributed by atoms with Gasteiger partial charge in [0, 0.05) is 11.8 Å². The van der Waals surface area contributed by atoms with Gasteiger partial charge in [0.05, 0.1) is 14.2 Å². The predicted molar refractivity (Wildman–Crippen MR) is 82.0 cm³/mol. The van der Waals surface area contributed by atoms with Gasteiger partial charge < -0.3 is 14.8 Å². The van der Waals surface area contributed by atoms with Crippen LogP contribution in [0.3, 0.4) is 0 Å². The summed E-state index contributed by atoms with van der Waals surface area (Å²) in [6, 6.07) is 3.44. The third-order valence-corrected chi connectivity index (χ3v) is 5.13. The van der Waals surface area contributed by atoms with Gasteiger partial charge in [-0.15, -0.1) is 0 Å². The molecular weight excluding hydrogens is 290 g/mol. The van der Waals surface area contributed by atoms with Crippen molar-refractivity contribution in [1.29, 1.82) is 0 Å². The molecule has 0 bridgehead atoms. The second kappa shape index (κ2) is 6.66. The van der Waals surface area contributed by atoms with Crippen molar-refractivity contribution in [2.45, 2.75) is 24.2 Å². The summed E-state index contributed by atoms with van der Waals surface area (Å²) < 4.78 is 35.0. The van der Waals surface area contributed by atoms with Gasteiger partial charge in [-0.25, -0.2) is 8.42 Å². The third kappa shape index (κ3) is 3.68. The van der Waals surface area contributed by atoms with Crippen molar-refractivity contribution in [3.05, 3.63) is 17.7 Å². The number of ether oxygens (including phenoxy) is 2. The monoisotopic (exact) mass is 313 g/mol. The Balaban J connectivity index is 2.49. The van der Waals surface area contributed by atoms with Crippen LogP contribution in [0.5, 0.6) is 11.5 Å². The van der Waals surface area contributed by atoms with E-state index in [0.717, 1.165) is 31.5 Å². The van der Waals surface area contributed by atoms with Gasteiger partial charge in [0.1, 0.15) is 16.4 Å².